The Labute approximate surface area is 104 Å². The number of ether oxygens (including phenoxy) is 2. The molecule has 1 N–H and O–H groups in total. The largest absolute Gasteiger partial charge is 0.384 e. The molecule has 0 radical (unpaired) electrons. The Kier molecular flexibility index (Phi) is 5.65. The fourth-order valence-corrected chi connectivity index (χ4v) is 1.74. The quantitative estimate of drug-likeness (QED) is 0.862. The number of nitrogens with zero attached hydrogens (tertiary/aromatic N) is 2. The zero-order valence-corrected chi connectivity index (χ0v) is 11.3. The smallest absolute Gasteiger partial charge is 0.144 e. The molecule has 0 unspecified atom stereocenters. The lowest BCUT2D eigenvalue weighted by atomic mass is 10.3. The monoisotopic (exact) mass is 289 g/mol. The summed E-state index contributed by atoms with van der Waals surface area (Å²) in [5.41, 5.74) is 0.841. The molecule has 1 aromatic heterocycles. The lowest BCUT2D eigenvalue weighted by Gasteiger charge is -2.10. The van der Waals surface area contributed by atoms with E-state index in [4.69, 9.17) is 9.47 Å². The van der Waals surface area contributed by atoms with Crippen LogP contribution in [-0.2, 0) is 22.5 Å². The lowest BCUT2D eigenvalue weighted by molar-refractivity contribution is 0.179. The first-order chi connectivity index (χ1) is 7.72. The van der Waals surface area contributed by atoms with Crippen LogP contribution in [0.2, 0.25) is 0 Å². The van der Waals surface area contributed by atoms with E-state index in [0.29, 0.717) is 19.6 Å². The van der Waals surface area contributed by atoms with E-state index in [1.54, 1.807) is 14.2 Å². The van der Waals surface area contributed by atoms with Crippen molar-refractivity contribution in [2.24, 2.45) is 0 Å². The second-order valence-electron chi connectivity index (χ2n) is 3.17. The molecule has 0 amide bonds. The van der Waals surface area contributed by atoms with Crippen molar-refractivity contribution in [3.63, 3.8) is 0 Å². The summed E-state index contributed by atoms with van der Waals surface area (Å²) in [6.45, 7) is 1.06. The number of anilines is 1. The minimum absolute atomic E-state index is 0.456. The highest BCUT2D eigenvalue weighted by Crippen LogP contribution is 2.23. The van der Waals surface area contributed by atoms with Crippen molar-refractivity contribution >= 4 is 21.7 Å². The van der Waals surface area contributed by atoms with Crippen LogP contribution in [0.5, 0.6) is 0 Å². The van der Waals surface area contributed by atoms with E-state index in [1.807, 2.05) is 7.05 Å². The molecule has 0 saturated carbocycles. The van der Waals surface area contributed by atoms with Crippen LogP contribution in [0, 0.1) is 0 Å². The van der Waals surface area contributed by atoms with Crippen molar-refractivity contribution < 1.29 is 9.47 Å². The SMILES string of the molecule is CNc1nc(CCOC)nc(COC)c1Br. The topological polar surface area (TPSA) is 56.3 Å². The van der Waals surface area contributed by atoms with Gasteiger partial charge in [0.25, 0.3) is 0 Å². The van der Waals surface area contributed by atoms with Crippen LogP contribution in [0.25, 0.3) is 0 Å². The first kappa shape index (κ1) is 13.3. The van der Waals surface area contributed by atoms with Crippen molar-refractivity contribution in [2.45, 2.75) is 13.0 Å². The van der Waals surface area contributed by atoms with Gasteiger partial charge in [0.15, 0.2) is 0 Å². The van der Waals surface area contributed by atoms with Crippen molar-refractivity contribution in [3.05, 3.63) is 16.0 Å². The van der Waals surface area contributed by atoms with Crippen LogP contribution in [0.3, 0.4) is 0 Å². The summed E-state index contributed by atoms with van der Waals surface area (Å²) < 4.78 is 10.9. The van der Waals surface area contributed by atoms with Gasteiger partial charge >= 0.3 is 0 Å². The molecule has 0 spiro atoms. The van der Waals surface area contributed by atoms with Gasteiger partial charge in [0.2, 0.25) is 0 Å². The van der Waals surface area contributed by atoms with E-state index in [2.05, 4.69) is 31.2 Å². The van der Waals surface area contributed by atoms with Gasteiger partial charge < -0.3 is 14.8 Å². The zero-order valence-electron chi connectivity index (χ0n) is 9.71. The molecule has 0 aliphatic carbocycles. The first-order valence-electron chi connectivity index (χ1n) is 4.93. The number of hydrogen-bond acceptors (Lipinski definition) is 5. The summed E-state index contributed by atoms with van der Waals surface area (Å²) in [5, 5.41) is 3.02. The van der Waals surface area contributed by atoms with Gasteiger partial charge in [-0.2, -0.15) is 0 Å². The highest BCUT2D eigenvalue weighted by atomic mass is 79.9. The van der Waals surface area contributed by atoms with E-state index < -0.39 is 0 Å². The molecule has 1 aromatic rings. The summed E-state index contributed by atoms with van der Waals surface area (Å²) in [6, 6.07) is 0. The maximum Gasteiger partial charge on any atom is 0.144 e. The van der Waals surface area contributed by atoms with E-state index in [9.17, 15) is 0 Å². The van der Waals surface area contributed by atoms with Gasteiger partial charge in [-0.3, -0.25) is 0 Å². The minimum atomic E-state index is 0.456. The number of methoxy groups -OCH3 is 2. The van der Waals surface area contributed by atoms with Gasteiger partial charge in [-0.25, -0.2) is 9.97 Å². The Morgan fingerprint density at radius 2 is 2.00 bits per heavy atom. The average Bonchev–Trinajstić information content (AvgIpc) is 2.30. The molecular formula is C10H16BrN3O2. The third-order valence-corrected chi connectivity index (χ3v) is 2.85. The number of halogens is 1. The fraction of sp³-hybridized carbons (Fsp3) is 0.600. The Morgan fingerprint density at radius 1 is 1.25 bits per heavy atom. The zero-order chi connectivity index (χ0) is 12.0. The maximum atomic E-state index is 5.09. The highest BCUT2D eigenvalue weighted by Gasteiger charge is 2.10. The molecule has 90 valence electrons. The maximum absolute atomic E-state index is 5.09. The Balaban J connectivity index is 2.97. The molecule has 0 aromatic carbocycles. The van der Waals surface area contributed by atoms with Crippen molar-refractivity contribution in [1.82, 2.24) is 9.97 Å². The predicted octanol–water partition coefficient (Wildman–Crippen LogP) is 1.62. The summed E-state index contributed by atoms with van der Waals surface area (Å²) >= 11 is 3.45. The third kappa shape index (κ3) is 3.40. The van der Waals surface area contributed by atoms with Crippen LogP contribution in [0.15, 0.2) is 4.47 Å². The molecule has 0 atom stereocenters. The average molecular weight is 290 g/mol. The summed E-state index contributed by atoms with van der Waals surface area (Å²) in [6.07, 6.45) is 0.690. The van der Waals surface area contributed by atoms with Crippen LogP contribution >= 0.6 is 15.9 Å². The first-order valence-corrected chi connectivity index (χ1v) is 5.73. The Morgan fingerprint density at radius 3 is 2.56 bits per heavy atom. The van der Waals surface area contributed by atoms with Gasteiger partial charge in [-0.15, -0.1) is 0 Å². The lowest BCUT2D eigenvalue weighted by Crippen LogP contribution is -2.08. The summed E-state index contributed by atoms with van der Waals surface area (Å²) in [4.78, 5) is 8.77. The third-order valence-electron chi connectivity index (χ3n) is 2.01. The van der Waals surface area contributed by atoms with E-state index in [0.717, 1.165) is 21.8 Å². The van der Waals surface area contributed by atoms with Crippen LogP contribution in [0.4, 0.5) is 5.82 Å². The Hall–Kier alpha value is -0.720. The molecule has 0 fully saturated rings. The predicted molar refractivity (Wildman–Crippen MR) is 65.6 cm³/mol. The summed E-state index contributed by atoms with van der Waals surface area (Å²) in [7, 11) is 5.13. The molecule has 0 saturated heterocycles. The highest BCUT2D eigenvalue weighted by molar-refractivity contribution is 9.10. The van der Waals surface area contributed by atoms with Gasteiger partial charge in [-0.1, -0.05) is 0 Å². The van der Waals surface area contributed by atoms with Crippen LogP contribution < -0.4 is 5.32 Å². The fourth-order valence-electron chi connectivity index (χ4n) is 1.25. The Bertz CT molecular complexity index is 347. The van der Waals surface area contributed by atoms with Crippen LogP contribution in [0.1, 0.15) is 11.5 Å². The van der Waals surface area contributed by atoms with Crippen molar-refractivity contribution in [2.75, 3.05) is 33.2 Å². The molecule has 0 aliphatic heterocycles. The minimum Gasteiger partial charge on any atom is -0.384 e. The summed E-state index contributed by atoms with van der Waals surface area (Å²) in [5.74, 6) is 1.52. The molecule has 0 aliphatic rings. The van der Waals surface area contributed by atoms with Gasteiger partial charge in [0, 0.05) is 27.7 Å². The second kappa shape index (κ2) is 6.78. The molecular weight excluding hydrogens is 274 g/mol. The molecule has 0 bridgehead atoms. The number of nitrogens with one attached hydrogen (secondary N) is 1. The van der Waals surface area contributed by atoms with Crippen molar-refractivity contribution in [1.29, 1.82) is 0 Å². The second-order valence-corrected chi connectivity index (χ2v) is 3.97. The van der Waals surface area contributed by atoms with E-state index in [1.165, 1.54) is 0 Å². The normalized spacial score (nSPS) is 10.5. The van der Waals surface area contributed by atoms with E-state index in [-0.39, 0.29) is 0 Å². The number of hydrogen-bond donors (Lipinski definition) is 1. The molecule has 6 heteroatoms. The molecule has 16 heavy (non-hydrogen) atoms. The van der Waals surface area contributed by atoms with Crippen LogP contribution in [-0.4, -0.2) is 37.8 Å². The number of rotatable bonds is 6. The van der Waals surface area contributed by atoms with E-state index >= 15 is 0 Å². The number of aromatic nitrogens is 2. The van der Waals surface area contributed by atoms with Gasteiger partial charge in [0.05, 0.1) is 23.4 Å². The van der Waals surface area contributed by atoms with Gasteiger partial charge in [0.1, 0.15) is 11.6 Å². The van der Waals surface area contributed by atoms with Gasteiger partial charge in [-0.05, 0) is 15.9 Å². The molecule has 1 rings (SSSR count). The van der Waals surface area contributed by atoms with Crippen molar-refractivity contribution in [3.8, 4) is 0 Å². The molecule has 1 heterocycles. The standard InChI is InChI=1S/C10H16BrN3O2/c1-12-10-9(11)7(6-16-3)13-8(14-10)4-5-15-2/h4-6H2,1-3H3,(H,12,13,14). The molecule has 5 nitrogen and oxygen atoms in total.